The van der Waals surface area contributed by atoms with Gasteiger partial charge in [0.1, 0.15) is 5.75 Å². The van der Waals surface area contributed by atoms with Gasteiger partial charge in [-0.05, 0) is 67.7 Å². The van der Waals surface area contributed by atoms with Crippen molar-refractivity contribution in [3.05, 3.63) is 28.8 Å². The fourth-order valence-corrected chi connectivity index (χ4v) is 4.58. The van der Waals surface area contributed by atoms with Crippen LogP contribution in [0.1, 0.15) is 50.6 Å². The minimum Gasteiger partial charge on any atom is -0.495 e. The van der Waals surface area contributed by atoms with Crippen molar-refractivity contribution in [1.82, 2.24) is 5.32 Å². The van der Waals surface area contributed by atoms with Gasteiger partial charge in [-0.3, -0.25) is 0 Å². The molecule has 0 radical (unpaired) electrons. The first-order valence-electron chi connectivity index (χ1n) is 8.29. The van der Waals surface area contributed by atoms with Gasteiger partial charge in [-0.25, -0.2) is 0 Å². The second kappa shape index (κ2) is 6.58. The summed E-state index contributed by atoms with van der Waals surface area (Å²) in [6, 6.07) is 6.72. The second-order valence-electron chi connectivity index (χ2n) is 6.66. The van der Waals surface area contributed by atoms with Crippen LogP contribution in [0.15, 0.2) is 18.2 Å². The van der Waals surface area contributed by atoms with Gasteiger partial charge < -0.3 is 10.1 Å². The number of halogens is 1. The molecule has 116 valence electrons. The smallest absolute Gasteiger partial charge is 0.137 e. The van der Waals surface area contributed by atoms with Crippen LogP contribution in [-0.2, 0) is 0 Å². The average molecular weight is 308 g/mol. The Morgan fingerprint density at radius 2 is 2.19 bits per heavy atom. The molecule has 1 N–H and O–H groups in total. The molecular weight excluding hydrogens is 282 g/mol. The number of ether oxygens (including phenoxy) is 1. The van der Waals surface area contributed by atoms with E-state index in [-0.39, 0.29) is 0 Å². The molecule has 2 bridgehead atoms. The predicted molar refractivity (Wildman–Crippen MR) is 88.0 cm³/mol. The quantitative estimate of drug-likeness (QED) is 0.813. The highest BCUT2D eigenvalue weighted by Gasteiger charge is 2.43. The molecule has 0 amide bonds. The number of nitrogens with one attached hydrogen (secondary N) is 1. The first kappa shape index (κ1) is 15.2. The lowest BCUT2D eigenvalue weighted by Gasteiger charge is -2.32. The van der Waals surface area contributed by atoms with Crippen molar-refractivity contribution in [2.75, 3.05) is 13.7 Å². The zero-order chi connectivity index (χ0) is 14.8. The van der Waals surface area contributed by atoms with Gasteiger partial charge in [-0.1, -0.05) is 31.0 Å². The van der Waals surface area contributed by atoms with E-state index in [0.29, 0.717) is 11.1 Å². The summed E-state index contributed by atoms with van der Waals surface area (Å²) in [7, 11) is 1.69. The molecule has 1 aromatic carbocycles. The van der Waals surface area contributed by atoms with Gasteiger partial charge in [-0.15, -0.1) is 0 Å². The minimum absolute atomic E-state index is 0.450. The zero-order valence-corrected chi connectivity index (χ0v) is 13.8. The molecule has 2 aliphatic carbocycles. The van der Waals surface area contributed by atoms with Crippen molar-refractivity contribution < 1.29 is 4.74 Å². The van der Waals surface area contributed by atoms with Crippen molar-refractivity contribution in [2.24, 2.45) is 17.8 Å². The lowest BCUT2D eigenvalue weighted by molar-refractivity contribution is 0.250. The molecule has 3 heteroatoms. The Morgan fingerprint density at radius 3 is 2.81 bits per heavy atom. The molecule has 4 unspecified atom stereocenters. The summed E-state index contributed by atoms with van der Waals surface area (Å²) in [5, 5.41) is 4.48. The monoisotopic (exact) mass is 307 g/mol. The van der Waals surface area contributed by atoms with Crippen LogP contribution in [0.3, 0.4) is 0 Å². The van der Waals surface area contributed by atoms with E-state index in [1.807, 2.05) is 6.07 Å². The maximum Gasteiger partial charge on any atom is 0.137 e. The third-order valence-electron chi connectivity index (χ3n) is 5.37. The van der Waals surface area contributed by atoms with Crippen LogP contribution in [0.4, 0.5) is 0 Å². The Balaban J connectivity index is 1.84. The van der Waals surface area contributed by atoms with Crippen LogP contribution in [0.2, 0.25) is 5.02 Å². The van der Waals surface area contributed by atoms with Crippen molar-refractivity contribution in [2.45, 2.75) is 45.1 Å². The Labute approximate surface area is 133 Å². The highest BCUT2D eigenvalue weighted by atomic mass is 35.5. The van der Waals surface area contributed by atoms with Gasteiger partial charge in [0.05, 0.1) is 12.1 Å². The van der Waals surface area contributed by atoms with Gasteiger partial charge in [-0.2, -0.15) is 0 Å². The predicted octanol–water partition coefficient (Wildman–Crippen LogP) is 4.83. The lowest BCUT2D eigenvalue weighted by atomic mass is 9.80. The Bertz CT molecular complexity index is 490. The molecule has 0 spiro atoms. The molecule has 21 heavy (non-hydrogen) atoms. The maximum absolute atomic E-state index is 6.18. The van der Waals surface area contributed by atoms with Crippen molar-refractivity contribution in [3.8, 4) is 5.75 Å². The summed E-state index contributed by atoms with van der Waals surface area (Å²) >= 11 is 6.18. The first-order chi connectivity index (χ1) is 10.2. The number of hydrogen-bond donors (Lipinski definition) is 1. The summed E-state index contributed by atoms with van der Waals surface area (Å²) in [6.07, 6.45) is 6.87. The normalized spacial score (nSPS) is 28.8. The number of methoxy groups -OCH3 is 1. The largest absolute Gasteiger partial charge is 0.495 e. The zero-order valence-electron chi connectivity index (χ0n) is 13.1. The summed E-state index contributed by atoms with van der Waals surface area (Å²) in [5.74, 6) is 3.45. The molecule has 0 aliphatic heterocycles. The van der Waals surface area contributed by atoms with Crippen LogP contribution in [0.25, 0.3) is 0 Å². The van der Waals surface area contributed by atoms with E-state index in [2.05, 4.69) is 24.4 Å². The molecule has 0 saturated heterocycles. The molecule has 2 fully saturated rings. The molecule has 1 aromatic rings. The van der Waals surface area contributed by atoms with E-state index in [1.54, 1.807) is 7.11 Å². The van der Waals surface area contributed by atoms with Crippen LogP contribution >= 0.6 is 11.6 Å². The molecule has 2 nitrogen and oxygen atoms in total. The minimum atomic E-state index is 0.450. The van der Waals surface area contributed by atoms with Crippen molar-refractivity contribution in [3.63, 3.8) is 0 Å². The first-order valence-corrected chi connectivity index (χ1v) is 8.67. The van der Waals surface area contributed by atoms with Crippen molar-refractivity contribution >= 4 is 11.6 Å². The van der Waals surface area contributed by atoms with Gasteiger partial charge in [0.15, 0.2) is 0 Å². The van der Waals surface area contributed by atoms with Gasteiger partial charge in [0.2, 0.25) is 0 Å². The highest BCUT2D eigenvalue weighted by molar-refractivity contribution is 6.32. The third-order valence-corrected chi connectivity index (χ3v) is 5.68. The molecule has 2 aliphatic rings. The fourth-order valence-electron chi connectivity index (χ4n) is 4.39. The Hall–Kier alpha value is -0.730. The SMILES string of the molecule is CCCNC(c1ccc(Cl)c(OC)c1)C1CC2CCC1C2. The summed E-state index contributed by atoms with van der Waals surface area (Å²) in [6.45, 7) is 3.30. The van der Waals surface area contributed by atoms with E-state index in [0.717, 1.165) is 30.0 Å². The Kier molecular flexibility index (Phi) is 4.75. The van der Waals surface area contributed by atoms with E-state index < -0.39 is 0 Å². The average Bonchev–Trinajstić information content (AvgIpc) is 3.12. The second-order valence-corrected chi connectivity index (χ2v) is 7.07. The molecule has 2 saturated carbocycles. The van der Waals surface area contributed by atoms with Crippen LogP contribution < -0.4 is 10.1 Å². The van der Waals surface area contributed by atoms with Crippen LogP contribution in [-0.4, -0.2) is 13.7 Å². The number of benzene rings is 1. The van der Waals surface area contributed by atoms with Gasteiger partial charge >= 0.3 is 0 Å². The number of hydrogen-bond acceptors (Lipinski definition) is 2. The lowest BCUT2D eigenvalue weighted by Crippen LogP contribution is -2.32. The topological polar surface area (TPSA) is 21.3 Å². The van der Waals surface area contributed by atoms with Crippen LogP contribution in [0.5, 0.6) is 5.75 Å². The summed E-state index contributed by atoms with van der Waals surface area (Å²) in [5.41, 5.74) is 1.34. The third kappa shape index (κ3) is 3.07. The van der Waals surface area contributed by atoms with Gasteiger partial charge in [0.25, 0.3) is 0 Å². The standard InChI is InChI=1S/C18H26ClNO/c1-3-8-20-18(15-10-12-4-5-13(15)9-12)14-6-7-16(19)17(11-14)21-2/h6-7,11-13,15,18,20H,3-5,8-10H2,1-2H3. The van der Waals surface area contributed by atoms with E-state index in [1.165, 1.54) is 37.7 Å². The molecule has 4 atom stereocenters. The van der Waals surface area contributed by atoms with Gasteiger partial charge in [0, 0.05) is 6.04 Å². The van der Waals surface area contributed by atoms with Crippen LogP contribution in [0, 0.1) is 17.8 Å². The molecule has 3 rings (SSSR count). The summed E-state index contributed by atoms with van der Waals surface area (Å²) in [4.78, 5) is 0. The van der Waals surface area contributed by atoms with E-state index in [9.17, 15) is 0 Å². The molecule has 0 heterocycles. The highest BCUT2D eigenvalue weighted by Crippen LogP contribution is 2.52. The maximum atomic E-state index is 6.18. The van der Waals surface area contributed by atoms with E-state index >= 15 is 0 Å². The fraction of sp³-hybridized carbons (Fsp3) is 0.667. The number of rotatable bonds is 6. The Morgan fingerprint density at radius 1 is 1.33 bits per heavy atom. The number of fused-ring (bicyclic) bond motifs is 2. The molecular formula is C18H26ClNO. The van der Waals surface area contributed by atoms with Crippen molar-refractivity contribution in [1.29, 1.82) is 0 Å². The van der Waals surface area contributed by atoms with E-state index in [4.69, 9.17) is 16.3 Å². The summed E-state index contributed by atoms with van der Waals surface area (Å²) < 4.78 is 5.41. The molecule has 0 aromatic heterocycles.